The second-order valence-electron chi connectivity index (χ2n) is 10.2. The highest BCUT2D eigenvalue weighted by atomic mass is 35.5. The van der Waals surface area contributed by atoms with Crippen molar-refractivity contribution in [2.75, 3.05) is 13.1 Å². The number of alkyl halides is 3. The molecule has 1 aliphatic heterocycles. The monoisotopic (exact) mass is 564 g/mol. The Morgan fingerprint density at radius 1 is 1.13 bits per heavy atom. The second kappa shape index (κ2) is 9.59. The van der Waals surface area contributed by atoms with E-state index in [9.17, 15) is 18.3 Å². The van der Waals surface area contributed by atoms with Crippen LogP contribution in [0.3, 0.4) is 0 Å². The molecule has 0 bridgehead atoms. The van der Waals surface area contributed by atoms with Crippen molar-refractivity contribution in [2.24, 2.45) is 5.92 Å². The number of likely N-dealkylation sites (tertiary alicyclic amines) is 1. The number of aliphatic hydroxyl groups is 1. The zero-order chi connectivity index (χ0) is 26.7. The summed E-state index contributed by atoms with van der Waals surface area (Å²) >= 11 is 7.96. The molecule has 0 radical (unpaired) electrons. The maximum Gasteiger partial charge on any atom is 0.391 e. The average Bonchev–Trinajstić information content (AvgIpc) is 3.51. The molecule has 0 atom stereocenters. The lowest BCUT2D eigenvalue weighted by Gasteiger charge is -2.34. The molecule has 0 spiro atoms. The maximum absolute atomic E-state index is 15.1. The third-order valence-corrected chi connectivity index (χ3v) is 9.25. The molecule has 0 unspecified atom stereocenters. The molecule has 4 aromatic rings. The quantitative estimate of drug-likeness (QED) is 0.250. The molecule has 2 fully saturated rings. The summed E-state index contributed by atoms with van der Waals surface area (Å²) in [5, 5.41) is 12.6. The van der Waals surface area contributed by atoms with Gasteiger partial charge in [-0.1, -0.05) is 23.7 Å². The normalized spacial score (nSPS) is 18.7. The minimum atomic E-state index is -4.17. The van der Waals surface area contributed by atoms with E-state index in [0.717, 1.165) is 22.2 Å². The van der Waals surface area contributed by atoms with E-state index in [-0.39, 0.29) is 19.4 Å². The van der Waals surface area contributed by atoms with E-state index < -0.39 is 23.5 Å². The molecular formula is C27H25ClF4N4OS. The van der Waals surface area contributed by atoms with Crippen molar-refractivity contribution in [3.8, 4) is 21.7 Å². The van der Waals surface area contributed by atoms with Crippen LogP contribution in [0.4, 0.5) is 17.6 Å². The predicted octanol–water partition coefficient (Wildman–Crippen LogP) is 7.29. The van der Waals surface area contributed by atoms with Gasteiger partial charge in [0.1, 0.15) is 22.1 Å². The highest BCUT2D eigenvalue weighted by molar-refractivity contribution is 7.15. The molecule has 200 valence electrons. The molecule has 1 aromatic carbocycles. The molecule has 6 rings (SSSR count). The largest absolute Gasteiger partial charge is 0.391 e. The lowest BCUT2D eigenvalue weighted by atomic mass is 9.81. The highest BCUT2D eigenvalue weighted by Crippen LogP contribution is 2.46. The molecule has 0 amide bonds. The zero-order valence-corrected chi connectivity index (χ0v) is 21.9. The van der Waals surface area contributed by atoms with Crippen molar-refractivity contribution in [2.45, 2.75) is 50.4 Å². The van der Waals surface area contributed by atoms with E-state index in [4.69, 9.17) is 11.6 Å². The van der Waals surface area contributed by atoms with Gasteiger partial charge in [0.05, 0.1) is 15.8 Å². The van der Waals surface area contributed by atoms with Crippen LogP contribution in [0, 0.1) is 11.7 Å². The number of rotatable bonds is 5. The van der Waals surface area contributed by atoms with Gasteiger partial charge in [-0.25, -0.2) is 14.4 Å². The first kappa shape index (κ1) is 25.7. The fourth-order valence-electron chi connectivity index (χ4n) is 5.29. The van der Waals surface area contributed by atoms with Crippen LogP contribution < -0.4 is 0 Å². The Hall–Kier alpha value is -2.53. The summed E-state index contributed by atoms with van der Waals surface area (Å²) in [5.74, 6) is -1.69. The molecule has 5 nitrogen and oxygen atoms in total. The number of benzene rings is 1. The number of halogens is 5. The van der Waals surface area contributed by atoms with Crippen molar-refractivity contribution in [3.63, 3.8) is 0 Å². The number of pyridine rings is 1. The number of thiazole rings is 1. The lowest BCUT2D eigenvalue weighted by Crippen LogP contribution is -2.38. The minimum absolute atomic E-state index is 0.0384. The first-order chi connectivity index (χ1) is 18.1. The van der Waals surface area contributed by atoms with Gasteiger partial charge >= 0.3 is 6.18 Å². The molecule has 1 saturated heterocycles. The van der Waals surface area contributed by atoms with E-state index >= 15 is 4.39 Å². The van der Waals surface area contributed by atoms with E-state index in [0.29, 0.717) is 58.4 Å². The third-order valence-electron chi connectivity index (χ3n) is 7.75. The van der Waals surface area contributed by atoms with Gasteiger partial charge in [0, 0.05) is 46.7 Å². The van der Waals surface area contributed by atoms with Crippen LogP contribution in [0.5, 0.6) is 0 Å². The Labute approximate surface area is 225 Å². The van der Waals surface area contributed by atoms with Gasteiger partial charge in [-0.3, -0.25) is 4.90 Å². The number of nitrogens with one attached hydrogen (secondary N) is 1. The topological polar surface area (TPSA) is 65.0 Å². The smallest absolute Gasteiger partial charge is 0.383 e. The van der Waals surface area contributed by atoms with E-state index in [2.05, 4.69) is 15.0 Å². The molecule has 2 N–H and O–H groups in total. The van der Waals surface area contributed by atoms with Crippen LogP contribution in [0.2, 0.25) is 5.02 Å². The Kier molecular flexibility index (Phi) is 6.49. The maximum atomic E-state index is 15.1. The molecule has 3 aromatic heterocycles. The van der Waals surface area contributed by atoms with Gasteiger partial charge in [-0.2, -0.15) is 13.2 Å². The molecule has 38 heavy (non-hydrogen) atoms. The standard InChI is InChI=1S/C27H25ClF4N4OS/c28-19-12-33-24-18(23(19)22-13-34-25(38-22)26(37)6-1-7-26)11-21(35-24)15-2-3-16(20(29)10-15)14-36-8-4-17(5-9-36)27(30,31)32/h2-3,10-13,17,37H,1,4-9,14H2,(H,33,35). The van der Waals surface area contributed by atoms with Crippen molar-refractivity contribution >= 4 is 34.0 Å². The van der Waals surface area contributed by atoms with Crippen LogP contribution >= 0.6 is 22.9 Å². The number of fused-ring (bicyclic) bond motifs is 1. The molecule has 11 heteroatoms. The Morgan fingerprint density at radius 3 is 2.55 bits per heavy atom. The summed E-state index contributed by atoms with van der Waals surface area (Å²) in [4.78, 5) is 14.8. The summed E-state index contributed by atoms with van der Waals surface area (Å²) < 4.78 is 53.9. The number of aromatic nitrogens is 3. The van der Waals surface area contributed by atoms with E-state index in [1.807, 2.05) is 11.0 Å². The van der Waals surface area contributed by atoms with Crippen molar-refractivity contribution in [3.05, 3.63) is 58.1 Å². The van der Waals surface area contributed by atoms with Crippen LogP contribution in [0.25, 0.3) is 32.7 Å². The van der Waals surface area contributed by atoms with Gasteiger partial charge in [0.25, 0.3) is 0 Å². The van der Waals surface area contributed by atoms with Gasteiger partial charge in [-0.05, 0) is 57.3 Å². The van der Waals surface area contributed by atoms with Gasteiger partial charge in [0.2, 0.25) is 0 Å². The van der Waals surface area contributed by atoms with Crippen LogP contribution in [-0.4, -0.2) is 44.2 Å². The number of piperidine rings is 1. The third kappa shape index (κ3) is 4.72. The molecule has 2 aliphatic rings. The summed E-state index contributed by atoms with van der Waals surface area (Å²) in [6.07, 6.45) is 1.55. The summed E-state index contributed by atoms with van der Waals surface area (Å²) in [6, 6.07) is 6.78. The second-order valence-corrected chi connectivity index (χ2v) is 11.7. The number of aromatic amines is 1. The van der Waals surface area contributed by atoms with Gasteiger partial charge in [-0.15, -0.1) is 11.3 Å². The lowest BCUT2D eigenvalue weighted by molar-refractivity contribution is -0.185. The Balaban J connectivity index is 1.24. The summed E-state index contributed by atoms with van der Waals surface area (Å²) in [7, 11) is 0. The predicted molar refractivity (Wildman–Crippen MR) is 139 cm³/mol. The van der Waals surface area contributed by atoms with Gasteiger partial charge < -0.3 is 10.1 Å². The van der Waals surface area contributed by atoms with E-state index in [1.54, 1.807) is 24.5 Å². The van der Waals surface area contributed by atoms with Crippen molar-refractivity contribution in [1.29, 1.82) is 0 Å². The van der Waals surface area contributed by atoms with Crippen molar-refractivity contribution < 1.29 is 22.7 Å². The molecule has 1 saturated carbocycles. The Morgan fingerprint density at radius 2 is 1.89 bits per heavy atom. The van der Waals surface area contributed by atoms with Crippen LogP contribution in [-0.2, 0) is 12.1 Å². The zero-order valence-electron chi connectivity index (χ0n) is 20.3. The molecule has 4 heterocycles. The molecule has 1 aliphatic carbocycles. The van der Waals surface area contributed by atoms with Crippen molar-refractivity contribution in [1.82, 2.24) is 19.9 Å². The summed E-state index contributed by atoms with van der Waals surface area (Å²) in [5.41, 5.74) is 2.21. The first-order valence-corrected chi connectivity index (χ1v) is 13.7. The summed E-state index contributed by atoms with van der Waals surface area (Å²) in [6.45, 7) is 0.851. The average molecular weight is 565 g/mol. The number of H-pyrrole nitrogens is 1. The number of hydrogen-bond donors (Lipinski definition) is 2. The fourth-order valence-corrected chi connectivity index (χ4v) is 6.73. The molecular weight excluding hydrogens is 540 g/mol. The number of hydrogen-bond acceptors (Lipinski definition) is 5. The Bertz CT molecular complexity index is 1490. The highest BCUT2D eigenvalue weighted by Gasteiger charge is 2.41. The SMILES string of the molecule is OC1(c2ncc(-c3c(Cl)cnc4[nH]c(-c5ccc(CN6CCC(C(F)(F)F)CC6)c(F)c5)cc34)s2)CCC1. The van der Waals surface area contributed by atoms with Gasteiger partial charge in [0.15, 0.2) is 0 Å². The van der Waals surface area contributed by atoms with Crippen LogP contribution in [0.15, 0.2) is 36.7 Å². The van der Waals surface area contributed by atoms with E-state index in [1.165, 1.54) is 17.4 Å². The van der Waals surface area contributed by atoms with Crippen LogP contribution in [0.1, 0.15) is 42.7 Å². The first-order valence-electron chi connectivity index (χ1n) is 12.5. The fraction of sp³-hybridized carbons (Fsp3) is 0.407. The number of nitrogens with zero attached hydrogens (tertiary/aromatic N) is 3. The minimum Gasteiger partial charge on any atom is -0.383 e.